The zero-order valence-electron chi connectivity index (χ0n) is 7.73. The molecule has 2 atom stereocenters. The standard InChI is InChI=1S/C8H6F6N2/c9-7(10,11)1-5(3-15)6(4-16)2-8(12,13)14/h5-6H,1-2H2/t5-,6-/m1/s1. The van der Waals surface area contributed by atoms with Crippen LogP contribution in [0.1, 0.15) is 12.8 Å². The predicted molar refractivity (Wildman–Crippen MR) is 39.6 cm³/mol. The van der Waals surface area contributed by atoms with Crippen LogP contribution < -0.4 is 0 Å². The topological polar surface area (TPSA) is 47.6 Å². The van der Waals surface area contributed by atoms with Crippen molar-refractivity contribution in [2.75, 3.05) is 0 Å². The van der Waals surface area contributed by atoms with E-state index in [1.54, 1.807) is 0 Å². The van der Waals surface area contributed by atoms with Crippen molar-refractivity contribution in [1.82, 2.24) is 0 Å². The Kier molecular flexibility index (Phi) is 4.61. The maximum absolute atomic E-state index is 11.9. The quantitative estimate of drug-likeness (QED) is 0.716. The highest BCUT2D eigenvalue weighted by Crippen LogP contribution is 2.34. The van der Waals surface area contributed by atoms with Crippen LogP contribution in [0.25, 0.3) is 0 Å². The van der Waals surface area contributed by atoms with E-state index in [1.807, 2.05) is 0 Å². The highest BCUT2D eigenvalue weighted by molar-refractivity contribution is 4.99. The molecule has 0 rings (SSSR count). The van der Waals surface area contributed by atoms with Gasteiger partial charge in [-0.05, 0) is 0 Å². The van der Waals surface area contributed by atoms with Crippen molar-refractivity contribution < 1.29 is 26.3 Å². The highest BCUT2D eigenvalue weighted by Gasteiger charge is 2.41. The van der Waals surface area contributed by atoms with E-state index in [2.05, 4.69) is 0 Å². The molecule has 0 bridgehead atoms. The average molecular weight is 244 g/mol. The van der Waals surface area contributed by atoms with E-state index in [9.17, 15) is 26.3 Å². The zero-order chi connectivity index (χ0) is 13.0. The van der Waals surface area contributed by atoms with E-state index in [-0.39, 0.29) is 0 Å². The van der Waals surface area contributed by atoms with Crippen LogP contribution in [0.15, 0.2) is 0 Å². The Bertz CT molecular complexity index is 272. The molecule has 90 valence electrons. The summed E-state index contributed by atoms with van der Waals surface area (Å²) in [5.41, 5.74) is 0. The Morgan fingerprint density at radius 2 is 1.00 bits per heavy atom. The summed E-state index contributed by atoms with van der Waals surface area (Å²) in [7, 11) is 0. The summed E-state index contributed by atoms with van der Waals surface area (Å²) in [5.74, 6) is -3.99. The second-order valence-corrected chi connectivity index (χ2v) is 3.11. The van der Waals surface area contributed by atoms with Crippen LogP contribution >= 0.6 is 0 Å². The van der Waals surface area contributed by atoms with Gasteiger partial charge in [0.05, 0.1) is 36.8 Å². The van der Waals surface area contributed by atoms with Crippen LogP contribution in [0.2, 0.25) is 0 Å². The molecule has 0 aromatic rings. The number of nitrogens with zero attached hydrogens (tertiary/aromatic N) is 2. The third-order valence-corrected chi connectivity index (χ3v) is 1.72. The minimum absolute atomic E-state index is 1.09. The van der Waals surface area contributed by atoms with Gasteiger partial charge in [0.2, 0.25) is 0 Å². The minimum atomic E-state index is -4.76. The van der Waals surface area contributed by atoms with Crippen LogP contribution in [0.5, 0.6) is 0 Å². The van der Waals surface area contributed by atoms with Gasteiger partial charge in [0, 0.05) is 0 Å². The van der Waals surface area contributed by atoms with Gasteiger partial charge in [0.25, 0.3) is 0 Å². The Labute approximate surface area is 87.1 Å². The van der Waals surface area contributed by atoms with Crippen molar-refractivity contribution in [2.24, 2.45) is 11.8 Å². The molecule has 0 aromatic carbocycles. The first-order valence-corrected chi connectivity index (χ1v) is 4.02. The highest BCUT2D eigenvalue weighted by atomic mass is 19.4. The number of halogens is 6. The Morgan fingerprint density at radius 1 is 0.750 bits per heavy atom. The fourth-order valence-electron chi connectivity index (χ4n) is 1.05. The lowest BCUT2D eigenvalue weighted by Gasteiger charge is -2.18. The molecule has 0 N–H and O–H groups in total. The van der Waals surface area contributed by atoms with Crippen LogP contribution in [0, 0.1) is 34.5 Å². The first-order valence-electron chi connectivity index (χ1n) is 4.02. The van der Waals surface area contributed by atoms with E-state index in [4.69, 9.17) is 10.5 Å². The fraction of sp³-hybridized carbons (Fsp3) is 0.750. The fourth-order valence-corrected chi connectivity index (χ4v) is 1.05. The van der Waals surface area contributed by atoms with Gasteiger partial charge in [0.1, 0.15) is 0 Å². The number of alkyl halides is 6. The van der Waals surface area contributed by atoms with Gasteiger partial charge in [-0.3, -0.25) is 0 Å². The third kappa shape index (κ3) is 6.12. The smallest absolute Gasteiger partial charge is 0.198 e. The zero-order valence-corrected chi connectivity index (χ0v) is 7.73. The lowest BCUT2D eigenvalue weighted by Crippen LogP contribution is -2.24. The molecular formula is C8H6F6N2. The van der Waals surface area contributed by atoms with Crippen LogP contribution in [-0.4, -0.2) is 12.4 Å². The van der Waals surface area contributed by atoms with E-state index in [0.717, 1.165) is 12.1 Å². The molecule has 0 saturated heterocycles. The van der Waals surface area contributed by atoms with Gasteiger partial charge in [-0.15, -0.1) is 0 Å². The van der Waals surface area contributed by atoms with Crippen LogP contribution in [-0.2, 0) is 0 Å². The second-order valence-electron chi connectivity index (χ2n) is 3.11. The van der Waals surface area contributed by atoms with E-state index in [1.165, 1.54) is 0 Å². The first kappa shape index (κ1) is 14.6. The molecule has 0 amide bonds. The predicted octanol–water partition coefficient (Wildman–Crippen LogP) is 3.17. The number of hydrogen-bond donors (Lipinski definition) is 0. The summed E-state index contributed by atoms with van der Waals surface area (Å²) < 4.78 is 71.3. The molecule has 0 heterocycles. The van der Waals surface area contributed by atoms with Gasteiger partial charge in [0.15, 0.2) is 0 Å². The summed E-state index contributed by atoms with van der Waals surface area (Å²) in [6.45, 7) is 0. The van der Waals surface area contributed by atoms with Crippen molar-refractivity contribution >= 4 is 0 Å². The van der Waals surface area contributed by atoms with Crippen molar-refractivity contribution in [2.45, 2.75) is 25.2 Å². The average Bonchev–Trinajstić information content (AvgIpc) is 2.07. The molecule has 0 saturated carbocycles. The lowest BCUT2D eigenvalue weighted by atomic mass is 9.89. The maximum atomic E-state index is 11.9. The Morgan fingerprint density at radius 3 is 1.12 bits per heavy atom. The monoisotopic (exact) mass is 244 g/mol. The molecule has 8 heteroatoms. The summed E-state index contributed by atoms with van der Waals surface area (Å²) in [4.78, 5) is 0. The normalized spacial score (nSPS) is 16.0. The number of nitriles is 2. The molecule has 0 fully saturated rings. The molecule has 0 radical (unpaired) electrons. The minimum Gasteiger partial charge on any atom is -0.198 e. The molecule has 0 aliphatic rings. The summed E-state index contributed by atoms with van der Waals surface area (Å²) in [5, 5.41) is 16.6. The molecule has 0 spiro atoms. The summed E-state index contributed by atoms with van der Waals surface area (Å²) in [6, 6.07) is 2.18. The Balaban J connectivity index is 4.68. The molecule has 2 nitrogen and oxygen atoms in total. The van der Waals surface area contributed by atoms with Crippen molar-refractivity contribution in [3.05, 3.63) is 0 Å². The van der Waals surface area contributed by atoms with E-state index < -0.39 is 37.0 Å². The van der Waals surface area contributed by atoms with Crippen LogP contribution in [0.3, 0.4) is 0 Å². The third-order valence-electron chi connectivity index (χ3n) is 1.72. The molecule has 0 unspecified atom stereocenters. The summed E-state index contributed by atoms with van der Waals surface area (Å²) >= 11 is 0. The first-order chi connectivity index (χ1) is 7.09. The largest absolute Gasteiger partial charge is 0.390 e. The number of hydrogen-bond acceptors (Lipinski definition) is 2. The second kappa shape index (κ2) is 5.06. The lowest BCUT2D eigenvalue weighted by molar-refractivity contribution is -0.158. The SMILES string of the molecule is N#C[C@@H](CC(F)(F)F)[C@@H](C#N)CC(F)(F)F. The summed E-state index contributed by atoms with van der Waals surface area (Å²) in [6.07, 6.45) is -12.9. The molecular weight excluding hydrogens is 238 g/mol. The van der Waals surface area contributed by atoms with Crippen molar-refractivity contribution in [1.29, 1.82) is 10.5 Å². The Hall–Kier alpha value is -1.44. The van der Waals surface area contributed by atoms with E-state index >= 15 is 0 Å². The van der Waals surface area contributed by atoms with Gasteiger partial charge < -0.3 is 0 Å². The molecule has 0 aliphatic carbocycles. The maximum Gasteiger partial charge on any atom is 0.390 e. The van der Waals surface area contributed by atoms with Gasteiger partial charge in [-0.2, -0.15) is 36.9 Å². The van der Waals surface area contributed by atoms with Crippen molar-refractivity contribution in [3.8, 4) is 12.1 Å². The number of rotatable bonds is 3. The van der Waals surface area contributed by atoms with Gasteiger partial charge in [-0.1, -0.05) is 0 Å². The van der Waals surface area contributed by atoms with Gasteiger partial charge in [-0.25, -0.2) is 0 Å². The van der Waals surface area contributed by atoms with Crippen LogP contribution in [0.4, 0.5) is 26.3 Å². The molecule has 0 aromatic heterocycles. The molecule has 0 aliphatic heterocycles. The van der Waals surface area contributed by atoms with Crippen molar-refractivity contribution in [3.63, 3.8) is 0 Å². The van der Waals surface area contributed by atoms with E-state index in [0.29, 0.717) is 0 Å². The van der Waals surface area contributed by atoms with Gasteiger partial charge >= 0.3 is 12.4 Å². The molecule has 16 heavy (non-hydrogen) atoms.